The fourth-order valence-corrected chi connectivity index (χ4v) is 2.71. The Morgan fingerprint density at radius 2 is 1.86 bits per heavy atom. The number of hydrogen-bond donors (Lipinski definition) is 1. The lowest BCUT2D eigenvalue weighted by Crippen LogP contribution is -2.42. The zero-order chi connectivity index (χ0) is 16.0. The molecule has 0 heterocycles. The third-order valence-corrected chi connectivity index (χ3v) is 3.59. The van der Waals surface area contributed by atoms with Crippen molar-refractivity contribution in [3.8, 4) is 0 Å². The second-order valence-corrected chi connectivity index (χ2v) is 6.98. The standard InChI is InChI=1S/C15H28F2N2O2/c1-15(2,3)21-14(20)18-12-7-5-11(6-8-12)9-19(4)10-13(16)17/h11-13H,5-10H2,1-4H3,(H,18,20). The topological polar surface area (TPSA) is 41.6 Å². The number of alkyl halides is 2. The fourth-order valence-electron chi connectivity index (χ4n) is 2.71. The van der Waals surface area contributed by atoms with Crippen molar-refractivity contribution in [1.82, 2.24) is 10.2 Å². The normalized spacial score (nSPS) is 23.4. The van der Waals surface area contributed by atoms with Crippen LogP contribution in [0, 0.1) is 5.92 Å². The van der Waals surface area contributed by atoms with E-state index in [2.05, 4.69) is 5.32 Å². The summed E-state index contributed by atoms with van der Waals surface area (Å²) in [6, 6.07) is 0.136. The maximum atomic E-state index is 12.3. The summed E-state index contributed by atoms with van der Waals surface area (Å²) in [6.45, 7) is 6.03. The largest absolute Gasteiger partial charge is 0.444 e. The number of amides is 1. The van der Waals surface area contributed by atoms with Crippen LogP contribution in [0.15, 0.2) is 0 Å². The second-order valence-electron chi connectivity index (χ2n) is 6.98. The zero-order valence-corrected chi connectivity index (χ0v) is 13.5. The molecule has 0 radical (unpaired) electrons. The van der Waals surface area contributed by atoms with Crippen molar-refractivity contribution in [2.45, 2.75) is 64.5 Å². The molecule has 0 saturated heterocycles. The molecule has 4 nitrogen and oxygen atoms in total. The van der Waals surface area contributed by atoms with Gasteiger partial charge in [0.25, 0.3) is 6.43 Å². The van der Waals surface area contributed by atoms with Crippen molar-refractivity contribution in [2.75, 3.05) is 20.1 Å². The smallest absolute Gasteiger partial charge is 0.407 e. The summed E-state index contributed by atoms with van der Waals surface area (Å²) in [5, 5.41) is 2.89. The SMILES string of the molecule is CN(CC(F)F)CC1CCC(NC(=O)OC(C)(C)C)CC1. The highest BCUT2D eigenvalue weighted by molar-refractivity contribution is 5.68. The first-order chi connectivity index (χ1) is 9.65. The van der Waals surface area contributed by atoms with Gasteiger partial charge in [-0.05, 0) is 59.4 Å². The van der Waals surface area contributed by atoms with Crippen LogP contribution < -0.4 is 5.32 Å². The predicted molar refractivity (Wildman–Crippen MR) is 78.6 cm³/mol. The molecule has 0 spiro atoms. The van der Waals surface area contributed by atoms with E-state index in [4.69, 9.17) is 4.74 Å². The number of carbonyl (C=O) groups is 1. The van der Waals surface area contributed by atoms with E-state index in [0.29, 0.717) is 12.5 Å². The molecule has 1 saturated carbocycles. The highest BCUT2D eigenvalue weighted by atomic mass is 19.3. The van der Waals surface area contributed by atoms with E-state index in [0.717, 1.165) is 25.7 Å². The molecule has 6 heteroatoms. The Labute approximate surface area is 126 Å². The Balaban J connectivity index is 2.24. The molecule has 1 rings (SSSR count). The molecule has 1 aliphatic rings. The zero-order valence-electron chi connectivity index (χ0n) is 13.5. The molecule has 21 heavy (non-hydrogen) atoms. The summed E-state index contributed by atoms with van der Waals surface area (Å²) in [5.74, 6) is 0.436. The fraction of sp³-hybridized carbons (Fsp3) is 0.933. The van der Waals surface area contributed by atoms with Gasteiger partial charge in [-0.2, -0.15) is 0 Å². The molecular formula is C15H28F2N2O2. The van der Waals surface area contributed by atoms with Gasteiger partial charge in [-0.3, -0.25) is 0 Å². The lowest BCUT2D eigenvalue weighted by atomic mass is 9.86. The molecule has 1 N–H and O–H groups in total. The minimum Gasteiger partial charge on any atom is -0.444 e. The highest BCUT2D eigenvalue weighted by Gasteiger charge is 2.25. The molecule has 1 amide bonds. The van der Waals surface area contributed by atoms with Crippen molar-refractivity contribution < 1.29 is 18.3 Å². The Morgan fingerprint density at radius 3 is 2.33 bits per heavy atom. The van der Waals surface area contributed by atoms with Gasteiger partial charge in [0.15, 0.2) is 0 Å². The van der Waals surface area contributed by atoms with E-state index in [9.17, 15) is 13.6 Å². The number of ether oxygens (including phenoxy) is 1. The van der Waals surface area contributed by atoms with Gasteiger partial charge < -0.3 is 15.0 Å². The third-order valence-electron chi connectivity index (χ3n) is 3.59. The van der Waals surface area contributed by atoms with Crippen LogP contribution in [-0.2, 0) is 4.74 Å². The maximum Gasteiger partial charge on any atom is 0.407 e. The number of hydrogen-bond acceptors (Lipinski definition) is 3. The molecule has 124 valence electrons. The van der Waals surface area contributed by atoms with Gasteiger partial charge in [-0.15, -0.1) is 0 Å². The predicted octanol–water partition coefficient (Wildman–Crippen LogP) is 3.27. The molecule has 1 fully saturated rings. The van der Waals surface area contributed by atoms with Crippen LogP contribution >= 0.6 is 0 Å². The first-order valence-electron chi connectivity index (χ1n) is 7.62. The van der Waals surface area contributed by atoms with E-state index in [1.54, 1.807) is 11.9 Å². The Bertz CT molecular complexity index is 324. The lowest BCUT2D eigenvalue weighted by Gasteiger charge is -2.32. The van der Waals surface area contributed by atoms with Crippen LogP contribution in [0.3, 0.4) is 0 Å². The lowest BCUT2D eigenvalue weighted by molar-refractivity contribution is 0.0478. The Morgan fingerprint density at radius 1 is 1.29 bits per heavy atom. The highest BCUT2D eigenvalue weighted by Crippen LogP contribution is 2.25. The Hall–Kier alpha value is -0.910. The number of carbonyl (C=O) groups excluding carboxylic acids is 1. The van der Waals surface area contributed by atoms with Gasteiger partial charge in [0, 0.05) is 12.6 Å². The molecule has 0 aliphatic heterocycles. The molecule has 0 aromatic carbocycles. The maximum absolute atomic E-state index is 12.3. The van der Waals surface area contributed by atoms with E-state index >= 15 is 0 Å². The summed E-state index contributed by atoms with van der Waals surface area (Å²) in [6.07, 6.45) is 1.02. The first kappa shape index (κ1) is 18.1. The summed E-state index contributed by atoms with van der Waals surface area (Å²) < 4.78 is 29.8. The second kappa shape index (κ2) is 7.92. The van der Waals surface area contributed by atoms with E-state index in [-0.39, 0.29) is 18.7 Å². The van der Waals surface area contributed by atoms with E-state index in [1.807, 2.05) is 20.8 Å². The summed E-state index contributed by atoms with van der Waals surface area (Å²) in [4.78, 5) is 13.4. The molecule has 0 aromatic heterocycles. The molecule has 1 aliphatic carbocycles. The van der Waals surface area contributed by atoms with Crippen molar-refractivity contribution >= 4 is 6.09 Å². The number of nitrogens with one attached hydrogen (secondary N) is 1. The van der Waals surface area contributed by atoms with Gasteiger partial charge >= 0.3 is 6.09 Å². The van der Waals surface area contributed by atoms with Crippen molar-refractivity contribution in [3.63, 3.8) is 0 Å². The number of alkyl carbamates (subject to hydrolysis) is 1. The van der Waals surface area contributed by atoms with Gasteiger partial charge in [-0.1, -0.05) is 0 Å². The molecule has 0 aromatic rings. The van der Waals surface area contributed by atoms with Gasteiger partial charge in [0.2, 0.25) is 0 Å². The average molecular weight is 306 g/mol. The van der Waals surface area contributed by atoms with E-state index < -0.39 is 12.0 Å². The van der Waals surface area contributed by atoms with Crippen LogP contribution in [0.1, 0.15) is 46.5 Å². The first-order valence-corrected chi connectivity index (χ1v) is 7.62. The summed E-state index contributed by atoms with van der Waals surface area (Å²) in [5.41, 5.74) is -0.487. The molecular weight excluding hydrogens is 278 g/mol. The number of halogens is 2. The van der Waals surface area contributed by atoms with Gasteiger partial charge in [0.1, 0.15) is 5.60 Å². The van der Waals surface area contributed by atoms with E-state index in [1.165, 1.54) is 0 Å². The minimum absolute atomic E-state index is 0.136. The van der Waals surface area contributed by atoms with Crippen molar-refractivity contribution in [2.24, 2.45) is 5.92 Å². The van der Waals surface area contributed by atoms with Crippen molar-refractivity contribution in [3.05, 3.63) is 0 Å². The van der Waals surface area contributed by atoms with Crippen LogP contribution in [0.4, 0.5) is 13.6 Å². The minimum atomic E-state index is -2.28. The van der Waals surface area contributed by atoms with Crippen LogP contribution in [0.25, 0.3) is 0 Å². The quantitative estimate of drug-likeness (QED) is 0.847. The number of nitrogens with zero attached hydrogens (tertiary/aromatic N) is 1. The van der Waals surface area contributed by atoms with Crippen molar-refractivity contribution in [1.29, 1.82) is 0 Å². The molecule has 0 bridgehead atoms. The average Bonchev–Trinajstić information content (AvgIpc) is 2.27. The third kappa shape index (κ3) is 8.19. The molecule has 0 atom stereocenters. The van der Waals surface area contributed by atoms with Crippen LogP contribution in [0.2, 0.25) is 0 Å². The number of rotatable bonds is 5. The summed E-state index contributed by atoms with van der Waals surface area (Å²) >= 11 is 0. The monoisotopic (exact) mass is 306 g/mol. The molecule has 0 unspecified atom stereocenters. The van der Waals surface area contributed by atoms with Crippen LogP contribution in [-0.4, -0.2) is 49.2 Å². The van der Waals surface area contributed by atoms with Crippen LogP contribution in [0.5, 0.6) is 0 Å². The Kier molecular flexibility index (Phi) is 6.84. The van der Waals surface area contributed by atoms with Gasteiger partial charge in [0.05, 0.1) is 6.54 Å². The van der Waals surface area contributed by atoms with Gasteiger partial charge in [-0.25, -0.2) is 13.6 Å². The summed E-state index contributed by atoms with van der Waals surface area (Å²) in [7, 11) is 1.73.